The molecule has 0 unspecified atom stereocenters. The summed E-state index contributed by atoms with van der Waals surface area (Å²) in [5, 5.41) is 23.2. The lowest BCUT2D eigenvalue weighted by Gasteiger charge is -2.34. The molecule has 0 aromatic carbocycles. The molecule has 1 aliphatic carbocycles. The van der Waals surface area contributed by atoms with Gasteiger partial charge in [-0.1, -0.05) is 6.42 Å². The van der Waals surface area contributed by atoms with Crippen LogP contribution in [0.5, 0.6) is 0 Å². The van der Waals surface area contributed by atoms with Gasteiger partial charge in [-0.05, 0) is 19.8 Å². The van der Waals surface area contributed by atoms with Crippen molar-refractivity contribution in [3.8, 4) is 0 Å². The molecular weight excluding hydrogens is 180 g/mol. The van der Waals surface area contributed by atoms with E-state index < -0.39 is 11.2 Å². The third-order valence-electron chi connectivity index (χ3n) is 3.68. The zero-order valence-corrected chi connectivity index (χ0v) is 9.08. The van der Waals surface area contributed by atoms with Crippen molar-refractivity contribution in [2.45, 2.75) is 57.7 Å². The summed E-state index contributed by atoms with van der Waals surface area (Å²) in [4.78, 5) is 0. The molecule has 1 saturated carbocycles. The number of fused-ring (bicyclic) bond motifs is 1. The normalized spacial score (nSPS) is 37.4. The molecule has 1 atom stereocenters. The second kappa shape index (κ2) is 2.70. The number of nitrogens with zero attached hydrogens (tertiary/aromatic N) is 2. The fourth-order valence-corrected chi connectivity index (χ4v) is 2.74. The molecule has 0 aromatic heterocycles. The Morgan fingerprint density at radius 1 is 1.36 bits per heavy atom. The Labute approximate surface area is 84.4 Å². The van der Waals surface area contributed by atoms with Crippen LogP contribution in [0.4, 0.5) is 0 Å². The summed E-state index contributed by atoms with van der Waals surface area (Å²) in [6.45, 7) is 5.48. The number of hydrogen-bond donors (Lipinski definition) is 1. The van der Waals surface area contributed by atoms with E-state index >= 15 is 0 Å². The van der Waals surface area contributed by atoms with Crippen LogP contribution in [0.2, 0.25) is 0 Å². The SMILES string of the molecule is CC1(C)N(O)[C@]2(C)CCCCC2=[N+]1[O-]. The van der Waals surface area contributed by atoms with Gasteiger partial charge in [0.05, 0.1) is 0 Å². The van der Waals surface area contributed by atoms with Crippen molar-refractivity contribution >= 4 is 5.71 Å². The first-order valence-corrected chi connectivity index (χ1v) is 5.23. The lowest BCUT2D eigenvalue weighted by Crippen LogP contribution is -2.53. The smallest absolute Gasteiger partial charge is 0.245 e. The molecule has 0 saturated heterocycles. The standard InChI is InChI=1S/C10H18N2O2/c1-9(2)11(13)8-6-4-5-7-10(8,3)12(9)14/h14H,4-7H2,1-3H3/t10-/m1/s1. The van der Waals surface area contributed by atoms with E-state index in [0.29, 0.717) is 0 Å². The van der Waals surface area contributed by atoms with Crippen LogP contribution < -0.4 is 0 Å². The van der Waals surface area contributed by atoms with Gasteiger partial charge in [-0.3, -0.25) is 0 Å². The van der Waals surface area contributed by atoms with Gasteiger partial charge in [-0.15, -0.1) is 5.06 Å². The largest absolute Gasteiger partial charge is 0.622 e. The maximum Gasteiger partial charge on any atom is 0.245 e. The maximum absolute atomic E-state index is 12.0. The quantitative estimate of drug-likeness (QED) is 0.476. The summed E-state index contributed by atoms with van der Waals surface area (Å²) in [6.07, 6.45) is 3.84. The molecule has 0 spiro atoms. The second-order valence-electron chi connectivity index (χ2n) is 5.03. The van der Waals surface area contributed by atoms with E-state index in [-0.39, 0.29) is 0 Å². The lowest BCUT2D eigenvalue weighted by molar-refractivity contribution is -0.581. The minimum Gasteiger partial charge on any atom is -0.622 e. The van der Waals surface area contributed by atoms with Gasteiger partial charge in [0.1, 0.15) is 5.54 Å². The summed E-state index contributed by atoms with van der Waals surface area (Å²) in [5.74, 6) is 0. The summed E-state index contributed by atoms with van der Waals surface area (Å²) in [7, 11) is 0. The van der Waals surface area contributed by atoms with Gasteiger partial charge in [0.2, 0.25) is 5.66 Å². The molecule has 0 radical (unpaired) electrons. The second-order valence-corrected chi connectivity index (χ2v) is 5.03. The van der Waals surface area contributed by atoms with Crippen LogP contribution in [0.15, 0.2) is 0 Å². The summed E-state index contributed by atoms with van der Waals surface area (Å²) >= 11 is 0. The van der Waals surface area contributed by atoms with Crippen LogP contribution in [-0.2, 0) is 0 Å². The van der Waals surface area contributed by atoms with Crippen LogP contribution in [0, 0.1) is 5.21 Å². The van der Waals surface area contributed by atoms with Crippen molar-refractivity contribution in [2.75, 3.05) is 0 Å². The van der Waals surface area contributed by atoms with Crippen molar-refractivity contribution in [3.63, 3.8) is 0 Å². The first-order chi connectivity index (χ1) is 6.40. The van der Waals surface area contributed by atoms with Crippen LogP contribution in [0.1, 0.15) is 46.5 Å². The van der Waals surface area contributed by atoms with E-state index in [1.807, 2.05) is 6.92 Å². The van der Waals surface area contributed by atoms with E-state index in [9.17, 15) is 10.4 Å². The van der Waals surface area contributed by atoms with E-state index in [0.717, 1.165) is 36.1 Å². The number of hydrogen-bond acceptors (Lipinski definition) is 3. The van der Waals surface area contributed by atoms with Crippen LogP contribution >= 0.6 is 0 Å². The monoisotopic (exact) mass is 198 g/mol. The summed E-state index contributed by atoms with van der Waals surface area (Å²) < 4.78 is 0.992. The van der Waals surface area contributed by atoms with Crippen molar-refractivity contribution in [1.29, 1.82) is 0 Å². The van der Waals surface area contributed by atoms with E-state index in [1.54, 1.807) is 13.8 Å². The van der Waals surface area contributed by atoms with E-state index in [4.69, 9.17) is 0 Å². The van der Waals surface area contributed by atoms with Crippen LogP contribution in [0.3, 0.4) is 0 Å². The molecule has 2 rings (SSSR count). The average molecular weight is 198 g/mol. The van der Waals surface area contributed by atoms with Gasteiger partial charge >= 0.3 is 0 Å². The predicted octanol–water partition coefficient (Wildman–Crippen LogP) is 1.71. The molecule has 1 aliphatic heterocycles. The Balaban J connectivity index is 2.49. The highest BCUT2D eigenvalue weighted by Gasteiger charge is 2.59. The van der Waals surface area contributed by atoms with Crippen molar-refractivity contribution < 1.29 is 9.95 Å². The Hall–Kier alpha value is -0.610. The van der Waals surface area contributed by atoms with Gasteiger partial charge in [0.25, 0.3) is 0 Å². The van der Waals surface area contributed by atoms with E-state index in [1.165, 1.54) is 5.06 Å². The molecule has 80 valence electrons. The maximum atomic E-state index is 12.0. The molecular formula is C10H18N2O2. The topological polar surface area (TPSA) is 49.5 Å². The highest BCUT2D eigenvalue weighted by Crippen LogP contribution is 2.40. The van der Waals surface area contributed by atoms with Crippen LogP contribution in [-0.4, -0.2) is 31.9 Å². The molecule has 1 fully saturated rings. The molecule has 1 N–H and O–H groups in total. The number of rotatable bonds is 0. The molecule has 4 heteroatoms. The lowest BCUT2D eigenvalue weighted by atomic mass is 9.82. The predicted molar refractivity (Wildman–Crippen MR) is 53.2 cm³/mol. The average Bonchev–Trinajstić information content (AvgIpc) is 2.27. The van der Waals surface area contributed by atoms with Crippen molar-refractivity contribution in [2.24, 2.45) is 0 Å². The molecule has 0 aromatic rings. The Bertz CT molecular complexity index is 298. The summed E-state index contributed by atoms with van der Waals surface area (Å²) in [6, 6.07) is 0. The summed E-state index contributed by atoms with van der Waals surface area (Å²) in [5.41, 5.74) is -0.394. The van der Waals surface area contributed by atoms with Gasteiger partial charge < -0.3 is 10.4 Å². The molecule has 0 bridgehead atoms. The zero-order chi connectivity index (χ0) is 10.6. The van der Waals surface area contributed by atoms with Gasteiger partial charge in [-0.2, -0.15) is 4.74 Å². The molecule has 4 nitrogen and oxygen atoms in total. The molecule has 14 heavy (non-hydrogen) atoms. The fourth-order valence-electron chi connectivity index (χ4n) is 2.74. The third kappa shape index (κ3) is 0.982. The van der Waals surface area contributed by atoms with Gasteiger partial charge in [-0.25, -0.2) is 0 Å². The Morgan fingerprint density at radius 3 is 2.57 bits per heavy atom. The van der Waals surface area contributed by atoms with Crippen molar-refractivity contribution in [3.05, 3.63) is 5.21 Å². The highest BCUT2D eigenvalue weighted by atomic mass is 16.6. The van der Waals surface area contributed by atoms with Crippen LogP contribution in [0.25, 0.3) is 0 Å². The number of hydroxylamine groups is 3. The van der Waals surface area contributed by atoms with Crippen molar-refractivity contribution in [1.82, 2.24) is 5.06 Å². The van der Waals surface area contributed by atoms with E-state index in [2.05, 4.69) is 0 Å². The van der Waals surface area contributed by atoms with Gasteiger partial charge in [0, 0.05) is 20.3 Å². The zero-order valence-electron chi connectivity index (χ0n) is 9.08. The Kier molecular flexibility index (Phi) is 1.92. The molecule has 0 amide bonds. The Morgan fingerprint density at radius 2 is 2.00 bits per heavy atom. The first kappa shape index (κ1) is 9.93. The highest BCUT2D eigenvalue weighted by molar-refractivity contribution is 5.90. The minimum atomic E-state index is -0.811. The molecule has 2 aliphatic rings. The van der Waals surface area contributed by atoms with Gasteiger partial charge in [0.15, 0.2) is 5.71 Å². The first-order valence-electron chi connectivity index (χ1n) is 5.23. The fraction of sp³-hybridized carbons (Fsp3) is 0.900. The molecule has 1 heterocycles. The third-order valence-corrected chi connectivity index (χ3v) is 3.68. The minimum absolute atomic E-state index is 0.427.